The molecule has 1 unspecified atom stereocenters. The first kappa shape index (κ1) is 13.6. The Bertz CT molecular complexity index is 501. The first-order chi connectivity index (χ1) is 8.80. The van der Waals surface area contributed by atoms with E-state index in [1.165, 1.54) is 11.1 Å². The van der Waals surface area contributed by atoms with E-state index < -0.39 is 12.0 Å². The van der Waals surface area contributed by atoms with Crippen molar-refractivity contribution >= 4 is 11.9 Å². The molecule has 0 aromatic carbocycles. The molecule has 1 aliphatic heterocycles. The molecule has 1 aromatic heterocycles. The molecular formula is C13H19N3O3. The van der Waals surface area contributed by atoms with Gasteiger partial charge in [0.05, 0.1) is 17.3 Å². The molecule has 1 N–H and O–H groups in total. The van der Waals surface area contributed by atoms with Gasteiger partial charge in [-0.05, 0) is 33.6 Å². The molecule has 6 heteroatoms. The largest absolute Gasteiger partial charge is 0.480 e. The normalized spacial score (nSPS) is 19.7. The molecule has 104 valence electrons. The lowest BCUT2D eigenvalue weighted by atomic mass is 10.1. The van der Waals surface area contributed by atoms with Crippen LogP contribution in [0.25, 0.3) is 0 Å². The maximum atomic E-state index is 12.3. The Morgan fingerprint density at radius 1 is 1.42 bits per heavy atom. The summed E-state index contributed by atoms with van der Waals surface area (Å²) < 4.78 is 1.71. The number of carboxylic acids is 1. The second-order valence-electron chi connectivity index (χ2n) is 5.84. The molecule has 2 rings (SSSR count). The molecule has 1 fully saturated rings. The van der Waals surface area contributed by atoms with Crippen molar-refractivity contribution in [2.24, 2.45) is 0 Å². The predicted molar refractivity (Wildman–Crippen MR) is 68.9 cm³/mol. The number of carboxylic acid groups (broad SMARTS) is 1. The molecule has 1 amide bonds. The van der Waals surface area contributed by atoms with Gasteiger partial charge in [0.15, 0.2) is 0 Å². The minimum atomic E-state index is -0.936. The average molecular weight is 265 g/mol. The van der Waals surface area contributed by atoms with Gasteiger partial charge in [-0.15, -0.1) is 0 Å². The number of rotatable bonds is 2. The van der Waals surface area contributed by atoms with Crippen LogP contribution < -0.4 is 0 Å². The molecule has 2 heterocycles. The summed E-state index contributed by atoms with van der Waals surface area (Å²) >= 11 is 0. The van der Waals surface area contributed by atoms with E-state index in [1.807, 2.05) is 20.8 Å². The van der Waals surface area contributed by atoms with Crippen LogP contribution in [-0.4, -0.2) is 44.3 Å². The fourth-order valence-corrected chi connectivity index (χ4v) is 2.23. The van der Waals surface area contributed by atoms with Crippen LogP contribution in [0.3, 0.4) is 0 Å². The zero-order valence-electron chi connectivity index (χ0n) is 11.5. The molecule has 1 saturated heterocycles. The lowest BCUT2D eigenvalue weighted by molar-refractivity contribution is -0.141. The first-order valence-electron chi connectivity index (χ1n) is 6.39. The number of carbonyl (C=O) groups is 2. The number of aliphatic carboxylic acids is 1. The SMILES string of the molecule is CC(C)(C)n1cc(C(=O)N2CCCC2C(=O)O)cn1. The van der Waals surface area contributed by atoms with Crippen molar-refractivity contribution in [2.45, 2.75) is 45.2 Å². The van der Waals surface area contributed by atoms with Crippen LogP contribution >= 0.6 is 0 Å². The summed E-state index contributed by atoms with van der Waals surface area (Å²) in [5.74, 6) is -1.19. The topological polar surface area (TPSA) is 75.4 Å². The van der Waals surface area contributed by atoms with Crippen LogP contribution in [0.1, 0.15) is 44.0 Å². The van der Waals surface area contributed by atoms with Gasteiger partial charge in [-0.3, -0.25) is 9.48 Å². The molecule has 6 nitrogen and oxygen atoms in total. The number of hydrogen-bond donors (Lipinski definition) is 1. The monoisotopic (exact) mass is 265 g/mol. The highest BCUT2D eigenvalue weighted by Gasteiger charge is 2.35. The highest BCUT2D eigenvalue weighted by Crippen LogP contribution is 2.21. The van der Waals surface area contributed by atoms with E-state index in [-0.39, 0.29) is 11.4 Å². The molecular weight excluding hydrogens is 246 g/mol. The van der Waals surface area contributed by atoms with E-state index in [4.69, 9.17) is 5.11 Å². The third-order valence-corrected chi connectivity index (χ3v) is 3.32. The van der Waals surface area contributed by atoms with Gasteiger partial charge in [-0.1, -0.05) is 0 Å². The number of aromatic nitrogens is 2. The third kappa shape index (κ3) is 2.62. The Hall–Kier alpha value is -1.85. The number of likely N-dealkylation sites (tertiary alicyclic amines) is 1. The summed E-state index contributed by atoms with van der Waals surface area (Å²) in [4.78, 5) is 24.8. The molecule has 0 saturated carbocycles. The molecule has 0 aliphatic carbocycles. The standard InChI is InChI=1S/C13H19N3O3/c1-13(2,3)16-8-9(7-14-16)11(17)15-6-4-5-10(15)12(18)19/h7-8,10H,4-6H2,1-3H3,(H,18,19). The summed E-state index contributed by atoms with van der Waals surface area (Å²) in [6.45, 7) is 6.47. The molecule has 19 heavy (non-hydrogen) atoms. The van der Waals surface area contributed by atoms with Gasteiger partial charge in [0.25, 0.3) is 5.91 Å². The van der Waals surface area contributed by atoms with Crippen molar-refractivity contribution in [1.29, 1.82) is 0 Å². The summed E-state index contributed by atoms with van der Waals surface area (Å²) in [5.41, 5.74) is 0.249. The summed E-state index contributed by atoms with van der Waals surface area (Å²) in [6.07, 6.45) is 4.44. The van der Waals surface area contributed by atoms with Crippen LogP contribution in [0.2, 0.25) is 0 Å². The molecule has 1 aliphatic rings. The second-order valence-corrected chi connectivity index (χ2v) is 5.84. The predicted octanol–water partition coefficient (Wildman–Crippen LogP) is 1.33. The van der Waals surface area contributed by atoms with Crippen LogP contribution in [0.4, 0.5) is 0 Å². The van der Waals surface area contributed by atoms with E-state index in [2.05, 4.69) is 5.10 Å². The zero-order valence-corrected chi connectivity index (χ0v) is 11.5. The summed E-state index contributed by atoms with van der Waals surface area (Å²) in [5, 5.41) is 13.3. The smallest absolute Gasteiger partial charge is 0.326 e. The van der Waals surface area contributed by atoms with Crippen molar-refractivity contribution in [3.8, 4) is 0 Å². The minimum Gasteiger partial charge on any atom is -0.480 e. The molecule has 1 atom stereocenters. The lowest BCUT2D eigenvalue weighted by Gasteiger charge is -2.21. The van der Waals surface area contributed by atoms with Crippen molar-refractivity contribution in [2.75, 3.05) is 6.54 Å². The van der Waals surface area contributed by atoms with Crippen molar-refractivity contribution < 1.29 is 14.7 Å². The molecule has 1 aromatic rings. The highest BCUT2D eigenvalue weighted by molar-refractivity contribution is 5.96. The van der Waals surface area contributed by atoms with Crippen molar-refractivity contribution in [3.05, 3.63) is 18.0 Å². The third-order valence-electron chi connectivity index (χ3n) is 3.32. The Balaban J connectivity index is 2.20. The summed E-state index contributed by atoms with van der Waals surface area (Å²) in [7, 11) is 0. The number of hydrogen-bond acceptors (Lipinski definition) is 3. The fourth-order valence-electron chi connectivity index (χ4n) is 2.23. The Labute approximate surface area is 112 Å². The van der Waals surface area contributed by atoms with E-state index in [9.17, 15) is 9.59 Å². The van der Waals surface area contributed by atoms with Crippen LogP contribution in [0.15, 0.2) is 12.4 Å². The van der Waals surface area contributed by atoms with Gasteiger partial charge in [0.2, 0.25) is 0 Å². The number of amides is 1. The maximum absolute atomic E-state index is 12.3. The molecule has 0 radical (unpaired) electrons. The second kappa shape index (κ2) is 4.68. The Kier molecular flexibility index (Phi) is 3.34. The number of nitrogens with zero attached hydrogens (tertiary/aromatic N) is 3. The van der Waals surface area contributed by atoms with Crippen LogP contribution in [-0.2, 0) is 10.3 Å². The zero-order chi connectivity index (χ0) is 14.2. The van der Waals surface area contributed by atoms with Gasteiger partial charge < -0.3 is 10.0 Å². The van der Waals surface area contributed by atoms with Gasteiger partial charge in [-0.2, -0.15) is 5.10 Å². The fraction of sp³-hybridized carbons (Fsp3) is 0.615. The van der Waals surface area contributed by atoms with Crippen molar-refractivity contribution in [3.63, 3.8) is 0 Å². The van der Waals surface area contributed by atoms with Gasteiger partial charge in [-0.25, -0.2) is 4.79 Å². The summed E-state index contributed by atoms with van der Waals surface area (Å²) in [6, 6.07) is -0.703. The number of carbonyl (C=O) groups excluding carboxylic acids is 1. The Morgan fingerprint density at radius 3 is 2.63 bits per heavy atom. The van der Waals surface area contributed by atoms with E-state index in [0.29, 0.717) is 18.5 Å². The van der Waals surface area contributed by atoms with E-state index >= 15 is 0 Å². The quantitative estimate of drug-likeness (QED) is 0.875. The van der Waals surface area contributed by atoms with Gasteiger partial charge in [0, 0.05) is 12.7 Å². The average Bonchev–Trinajstić information content (AvgIpc) is 2.96. The molecule has 0 bridgehead atoms. The van der Waals surface area contributed by atoms with Gasteiger partial charge in [0.1, 0.15) is 6.04 Å². The molecule has 0 spiro atoms. The van der Waals surface area contributed by atoms with E-state index in [0.717, 1.165) is 6.42 Å². The first-order valence-corrected chi connectivity index (χ1v) is 6.39. The lowest BCUT2D eigenvalue weighted by Crippen LogP contribution is -2.40. The van der Waals surface area contributed by atoms with Gasteiger partial charge >= 0.3 is 5.97 Å². The minimum absolute atomic E-state index is 0.199. The van der Waals surface area contributed by atoms with E-state index in [1.54, 1.807) is 10.9 Å². The van der Waals surface area contributed by atoms with Crippen LogP contribution in [0.5, 0.6) is 0 Å². The highest BCUT2D eigenvalue weighted by atomic mass is 16.4. The van der Waals surface area contributed by atoms with Crippen molar-refractivity contribution in [1.82, 2.24) is 14.7 Å². The van der Waals surface area contributed by atoms with Crippen LogP contribution in [0, 0.1) is 0 Å². The maximum Gasteiger partial charge on any atom is 0.326 e. The Morgan fingerprint density at radius 2 is 2.11 bits per heavy atom.